The summed E-state index contributed by atoms with van der Waals surface area (Å²) in [5.41, 5.74) is 4.23. The molecule has 1 amide bonds. The molecular formula is C20H20N4O3S. The van der Waals surface area contributed by atoms with Crippen LogP contribution in [0.2, 0.25) is 0 Å². The van der Waals surface area contributed by atoms with Crippen molar-refractivity contribution in [3.05, 3.63) is 64.7 Å². The maximum atomic E-state index is 12.4. The number of carbonyl (C=O) groups is 1. The van der Waals surface area contributed by atoms with E-state index >= 15 is 0 Å². The van der Waals surface area contributed by atoms with Gasteiger partial charge in [-0.2, -0.15) is 0 Å². The number of aromatic nitrogens is 2. The monoisotopic (exact) mass is 396 g/mol. The molecule has 0 bridgehead atoms. The largest absolute Gasteiger partial charge is 0.487 e. The highest BCUT2D eigenvalue weighted by Gasteiger charge is 2.12. The standard InChI is InChI=1S/C20H20N4O3S/c25-20(15-1-4-18(5-2-15)27-12-16-13-28-14-22-16)23-19-6-3-17(11-21-19)24-7-9-26-10-8-24/h1-6,11,13-14H,7-10,12H2,(H,21,23,25). The zero-order valence-corrected chi connectivity index (χ0v) is 16.0. The zero-order valence-electron chi connectivity index (χ0n) is 15.2. The number of hydrogen-bond donors (Lipinski definition) is 1. The minimum atomic E-state index is -0.210. The van der Waals surface area contributed by atoms with Crippen LogP contribution < -0.4 is 15.0 Å². The summed E-state index contributed by atoms with van der Waals surface area (Å²) in [5, 5.41) is 4.76. The van der Waals surface area contributed by atoms with E-state index in [1.165, 1.54) is 11.3 Å². The summed E-state index contributed by atoms with van der Waals surface area (Å²) in [6, 6.07) is 10.8. The Kier molecular flexibility index (Phi) is 5.79. The Hall–Kier alpha value is -2.97. The number of thiazole rings is 1. The average molecular weight is 396 g/mol. The van der Waals surface area contributed by atoms with Gasteiger partial charge in [-0.05, 0) is 36.4 Å². The number of carbonyl (C=O) groups excluding carboxylic acids is 1. The van der Waals surface area contributed by atoms with E-state index in [0.29, 0.717) is 23.7 Å². The van der Waals surface area contributed by atoms with Crippen molar-refractivity contribution in [2.24, 2.45) is 0 Å². The van der Waals surface area contributed by atoms with Gasteiger partial charge in [0, 0.05) is 24.0 Å². The molecule has 4 rings (SSSR count). The van der Waals surface area contributed by atoms with E-state index in [4.69, 9.17) is 9.47 Å². The van der Waals surface area contributed by atoms with Gasteiger partial charge in [0.15, 0.2) is 0 Å². The highest BCUT2D eigenvalue weighted by Crippen LogP contribution is 2.18. The van der Waals surface area contributed by atoms with Crippen LogP contribution in [-0.2, 0) is 11.3 Å². The number of benzene rings is 1. The van der Waals surface area contributed by atoms with E-state index in [0.717, 1.165) is 37.7 Å². The van der Waals surface area contributed by atoms with Crippen molar-refractivity contribution >= 4 is 28.7 Å². The van der Waals surface area contributed by atoms with Crippen molar-refractivity contribution in [1.29, 1.82) is 0 Å². The molecule has 1 aromatic carbocycles. The summed E-state index contributed by atoms with van der Waals surface area (Å²) in [4.78, 5) is 23.2. The quantitative estimate of drug-likeness (QED) is 0.690. The van der Waals surface area contributed by atoms with Gasteiger partial charge in [0.25, 0.3) is 5.91 Å². The number of nitrogens with one attached hydrogen (secondary N) is 1. The fraction of sp³-hybridized carbons (Fsp3) is 0.250. The summed E-state index contributed by atoms with van der Waals surface area (Å²) in [6.07, 6.45) is 1.77. The summed E-state index contributed by atoms with van der Waals surface area (Å²) < 4.78 is 11.0. The van der Waals surface area contributed by atoms with Gasteiger partial charge in [-0.25, -0.2) is 9.97 Å². The Balaban J connectivity index is 1.32. The molecule has 0 atom stereocenters. The van der Waals surface area contributed by atoms with Gasteiger partial charge in [-0.15, -0.1) is 11.3 Å². The van der Waals surface area contributed by atoms with Gasteiger partial charge in [0.2, 0.25) is 0 Å². The second-order valence-electron chi connectivity index (χ2n) is 6.25. The lowest BCUT2D eigenvalue weighted by Crippen LogP contribution is -2.36. The van der Waals surface area contributed by atoms with Crippen molar-refractivity contribution in [1.82, 2.24) is 9.97 Å². The number of rotatable bonds is 6. The number of hydrogen-bond acceptors (Lipinski definition) is 7. The molecule has 3 heterocycles. The molecule has 0 spiro atoms. The second-order valence-corrected chi connectivity index (χ2v) is 6.97. The third-order valence-corrected chi connectivity index (χ3v) is 4.99. The molecule has 0 saturated carbocycles. The van der Waals surface area contributed by atoms with Gasteiger partial charge >= 0.3 is 0 Å². The molecule has 1 fully saturated rings. The van der Waals surface area contributed by atoms with E-state index < -0.39 is 0 Å². The van der Waals surface area contributed by atoms with E-state index in [9.17, 15) is 4.79 Å². The first-order valence-corrected chi connectivity index (χ1v) is 9.92. The van der Waals surface area contributed by atoms with Crippen LogP contribution in [0.1, 0.15) is 16.1 Å². The summed E-state index contributed by atoms with van der Waals surface area (Å²) in [6.45, 7) is 3.56. The lowest BCUT2D eigenvalue weighted by Gasteiger charge is -2.28. The summed E-state index contributed by atoms with van der Waals surface area (Å²) in [7, 11) is 0. The van der Waals surface area contributed by atoms with Crippen LogP contribution in [-0.4, -0.2) is 42.2 Å². The third-order valence-electron chi connectivity index (χ3n) is 4.35. The molecule has 0 aliphatic carbocycles. The smallest absolute Gasteiger partial charge is 0.256 e. The van der Waals surface area contributed by atoms with Gasteiger partial charge in [0.05, 0.1) is 36.3 Å². The lowest BCUT2D eigenvalue weighted by molar-refractivity contribution is 0.102. The average Bonchev–Trinajstić information content (AvgIpc) is 3.27. The Morgan fingerprint density at radius 3 is 2.64 bits per heavy atom. The molecule has 2 aromatic heterocycles. The molecule has 0 unspecified atom stereocenters. The molecule has 1 aliphatic rings. The maximum Gasteiger partial charge on any atom is 0.256 e. The minimum Gasteiger partial charge on any atom is -0.487 e. The lowest BCUT2D eigenvalue weighted by atomic mass is 10.2. The van der Waals surface area contributed by atoms with E-state index in [2.05, 4.69) is 20.2 Å². The Labute approximate surface area is 167 Å². The Bertz CT molecular complexity index is 892. The van der Waals surface area contributed by atoms with Gasteiger partial charge in [-0.3, -0.25) is 4.79 Å². The van der Waals surface area contributed by atoms with Crippen LogP contribution >= 0.6 is 11.3 Å². The summed E-state index contributed by atoms with van der Waals surface area (Å²) >= 11 is 1.53. The molecule has 1 aliphatic heterocycles. The van der Waals surface area contributed by atoms with Crippen molar-refractivity contribution in [3.63, 3.8) is 0 Å². The van der Waals surface area contributed by atoms with Crippen molar-refractivity contribution < 1.29 is 14.3 Å². The molecule has 3 aromatic rings. The van der Waals surface area contributed by atoms with Gasteiger partial charge in [-0.1, -0.05) is 0 Å². The number of morpholine rings is 1. The van der Waals surface area contributed by atoms with Crippen LogP contribution in [0.25, 0.3) is 0 Å². The SMILES string of the molecule is O=C(Nc1ccc(N2CCOCC2)cn1)c1ccc(OCc2cscn2)cc1. The molecule has 1 saturated heterocycles. The number of ether oxygens (including phenoxy) is 2. The van der Waals surface area contributed by atoms with Crippen LogP contribution in [0.4, 0.5) is 11.5 Å². The van der Waals surface area contributed by atoms with Crippen LogP contribution in [0, 0.1) is 0 Å². The first-order chi connectivity index (χ1) is 13.8. The first kappa shape index (κ1) is 18.4. The number of nitrogens with zero attached hydrogens (tertiary/aromatic N) is 3. The zero-order chi connectivity index (χ0) is 19.2. The number of anilines is 2. The molecule has 8 heteroatoms. The highest BCUT2D eigenvalue weighted by atomic mass is 32.1. The fourth-order valence-electron chi connectivity index (χ4n) is 2.83. The normalized spacial score (nSPS) is 13.9. The van der Waals surface area contributed by atoms with E-state index in [1.54, 1.807) is 36.0 Å². The number of amides is 1. The van der Waals surface area contributed by atoms with Gasteiger partial charge < -0.3 is 19.7 Å². The van der Waals surface area contributed by atoms with Crippen molar-refractivity contribution in [2.75, 3.05) is 36.5 Å². The topological polar surface area (TPSA) is 76.6 Å². The molecule has 1 N–H and O–H groups in total. The molecule has 144 valence electrons. The minimum absolute atomic E-state index is 0.210. The number of pyridine rings is 1. The van der Waals surface area contributed by atoms with Crippen LogP contribution in [0.5, 0.6) is 5.75 Å². The molecular weight excluding hydrogens is 376 g/mol. The van der Waals surface area contributed by atoms with Crippen molar-refractivity contribution in [2.45, 2.75) is 6.61 Å². The Morgan fingerprint density at radius 1 is 1.14 bits per heavy atom. The third kappa shape index (κ3) is 4.65. The predicted molar refractivity (Wildman–Crippen MR) is 108 cm³/mol. The first-order valence-electron chi connectivity index (χ1n) is 8.98. The van der Waals surface area contributed by atoms with Crippen LogP contribution in [0.15, 0.2) is 53.5 Å². The van der Waals surface area contributed by atoms with Crippen LogP contribution in [0.3, 0.4) is 0 Å². The van der Waals surface area contributed by atoms with E-state index in [1.807, 2.05) is 17.5 Å². The summed E-state index contributed by atoms with van der Waals surface area (Å²) in [5.74, 6) is 1.00. The second kappa shape index (κ2) is 8.81. The molecule has 7 nitrogen and oxygen atoms in total. The van der Waals surface area contributed by atoms with E-state index in [-0.39, 0.29) is 5.91 Å². The van der Waals surface area contributed by atoms with Gasteiger partial charge in [0.1, 0.15) is 18.2 Å². The fourth-order valence-corrected chi connectivity index (χ4v) is 3.37. The molecule has 0 radical (unpaired) electrons. The van der Waals surface area contributed by atoms with Crippen molar-refractivity contribution in [3.8, 4) is 5.75 Å². The highest BCUT2D eigenvalue weighted by molar-refractivity contribution is 7.07. The maximum absolute atomic E-state index is 12.4. The molecule has 28 heavy (non-hydrogen) atoms. The predicted octanol–water partition coefficient (Wildman–Crippen LogP) is 3.21. The Morgan fingerprint density at radius 2 is 1.96 bits per heavy atom.